The number of halogens is 1. The van der Waals surface area contributed by atoms with Gasteiger partial charge in [0, 0.05) is 27.1 Å². The van der Waals surface area contributed by atoms with E-state index in [-0.39, 0.29) is 12.4 Å². The molecule has 3 aromatic carbocycles. The molecule has 0 bridgehead atoms. The van der Waals surface area contributed by atoms with E-state index in [1.165, 1.54) is 26.0 Å². The maximum Gasteiger partial charge on any atom is 0.316 e. The van der Waals surface area contributed by atoms with E-state index in [2.05, 4.69) is 5.32 Å². The van der Waals surface area contributed by atoms with E-state index >= 15 is 0 Å². The number of methoxy groups -OCH3 is 2. The van der Waals surface area contributed by atoms with Gasteiger partial charge < -0.3 is 19.5 Å². The molecule has 0 aliphatic rings. The summed E-state index contributed by atoms with van der Waals surface area (Å²) < 4.78 is 15.4. The smallest absolute Gasteiger partial charge is 0.316 e. The molecular weight excluding hydrogens is 426 g/mol. The molecule has 0 saturated carbocycles. The van der Waals surface area contributed by atoms with Gasteiger partial charge in [-0.3, -0.25) is 9.59 Å². The molecule has 8 heteroatoms. The van der Waals surface area contributed by atoms with Crippen molar-refractivity contribution in [2.24, 2.45) is 0 Å². The van der Waals surface area contributed by atoms with Gasteiger partial charge in [-0.2, -0.15) is 0 Å². The van der Waals surface area contributed by atoms with E-state index in [1.54, 1.807) is 18.2 Å². The Labute approximate surface area is 183 Å². The molecule has 0 radical (unpaired) electrons. The van der Waals surface area contributed by atoms with Gasteiger partial charge in [-0.25, -0.2) is 0 Å². The Balaban J connectivity index is 1.52. The number of thioether (sulfide) groups is 1. The largest absolute Gasteiger partial charge is 0.493 e. The first-order valence-corrected chi connectivity index (χ1v) is 10.4. The van der Waals surface area contributed by atoms with E-state index in [1.807, 2.05) is 36.4 Å². The van der Waals surface area contributed by atoms with Crippen molar-refractivity contribution in [3.05, 3.63) is 59.6 Å². The number of hydrogen-bond donors (Lipinski definition) is 1. The molecule has 0 aliphatic heterocycles. The Bertz CT molecular complexity index is 1070. The van der Waals surface area contributed by atoms with Crippen LogP contribution in [0.3, 0.4) is 0 Å². The minimum absolute atomic E-state index is 0.0635. The van der Waals surface area contributed by atoms with E-state index in [4.69, 9.17) is 25.8 Å². The van der Waals surface area contributed by atoms with Crippen LogP contribution in [0.5, 0.6) is 11.5 Å². The Morgan fingerprint density at radius 2 is 1.73 bits per heavy atom. The number of esters is 1. The maximum absolute atomic E-state index is 12.1. The van der Waals surface area contributed by atoms with E-state index in [9.17, 15) is 9.59 Å². The topological polar surface area (TPSA) is 73.9 Å². The highest BCUT2D eigenvalue weighted by Crippen LogP contribution is 2.33. The molecular formula is C22H20ClNO5S. The molecule has 0 saturated heterocycles. The molecule has 0 atom stereocenters. The second-order valence-electron chi connectivity index (χ2n) is 6.16. The average Bonchev–Trinajstić information content (AvgIpc) is 2.76. The van der Waals surface area contributed by atoms with Crippen molar-refractivity contribution in [1.29, 1.82) is 0 Å². The molecule has 1 amide bonds. The number of nitrogens with one attached hydrogen (secondary N) is 1. The predicted octanol–water partition coefficient (Wildman–Crippen LogP) is 4.78. The highest BCUT2D eigenvalue weighted by molar-refractivity contribution is 8.00. The molecule has 1 N–H and O–H groups in total. The third-order valence-electron chi connectivity index (χ3n) is 4.19. The average molecular weight is 446 g/mol. The van der Waals surface area contributed by atoms with Crippen LogP contribution in [0, 0.1) is 0 Å². The summed E-state index contributed by atoms with van der Waals surface area (Å²) >= 11 is 7.61. The van der Waals surface area contributed by atoms with Crippen LogP contribution in [0.2, 0.25) is 5.02 Å². The number of amides is 1. The number of carbonyl (C=O) groups excluding carboxylic acids is 2. The maximum atomic E-state index is 12.1. The molecule has 30 heavy (non-hydrogen) atoms. The number of fused-ring (bicyclic) bond motifs is 1. The standard InChI is InChI=1S/C22H20ClNO5S/c1-27-17-10-9-15(11-18(17)28-2)24-20(25)12-29-21(26)13-30-19-8-4-6-14-5-3-7-16(23)22(14)19/h3-11H,12-13H2,1-2H3,(H,24,25). The molecule has 3 rings (SSSR count). The zero-order chi connectivity index (χ0) is 21.5. The number of hydrogen-bond acceptors (Lipinski definition) is 6. The Kier molecular flexibility index (Phi) is 7.43. The molecule has 0 heterocycles. The van der Waals surface area contributed by atoms with Crippen LogP contribution in [0.4, 0.5) is 5.69 Å². The van der Waals surface area contributed by atoms with Crippen LogP contribution in [-0.2, 0) is 14.3 Å². The summed E-state index contributed by atoms with van der Waals surface area (Å²) in [5.74, 6) is 0.152. The van der Waals surface area contributed by atoms with Gasteiger partial charge in [0.25, 0.3) is 5.91 Å². The lowest BCUT2D eigenvalue weighted by Gasteiger charge is -2.11. The lowest BCUT2D eigenvalue weighted by Crippen LogP contribution is -2.21. The highest BCUT2D eigenvalue weighted by atomic mass is 35.5. The van der Waals surface area contributed by atoms with Gasteiger partial charge in [0.2, 0.25) is 0 Å². The third kappa shape index (κ3) is 5.37. The van der Waals surface area contributed by atoms with Crippen molar-refractivity contribution in [1.82, 2.24) is 0 Å². The van der Waals surface area contributed by atoms with Gasteiger partial charge in [0.05, 0.1) is 20.0 Å². The number of anilines is 1. The van der Waals surface area contributed by atoms with Crippen LogP contribution in [0.1, 0.15) is 0 Å². The fraction of sp³-hybridized carbons (Fsp3) is 0.182. The first kappa shape index (κ1) is 21.8. The number of rotatable bonds is 8. The summed E-state index contributed by atoms with van der Waals surface area (Å²) in [5, 5.41) is 5.17. The summed E-state index contributed by atoms with van der Waals surface area (Å²) in [5.41, 5.74) is 0.508. The van der Waals surface area contributed by atoms with Crippen molar-refractivity contribution in [2.45, 2.75) is 4.90 Å². The SMILES string of the molecule is COc1ccc(NC(=O)COC(=O)CSc2cccc3cccc(Cl)c23)cc1OC. The number of carbonyl (C=O) groups is 2. The first-order chi connectivity index (χ1) is 14.5. The fourth-order valence-electron chi connectivity index (χ4n) is 2.82. The van der Waals surface area contributed by atoms with Gasteiger partial charge in [-0.1, -0.05) is 35.9 Å². The van der Waals surface area contributed by atoms with Gasteiger partial charge in [0.1, 0.15) is 0 Å². The molecule has 156 valence electrons. The zero-order valence-electron chi connectivity index (χ0n) is 16.4. The summed E-state index contributed by atoms with van der Waals surface area (Å²) in [4.78, 5) is 25.0. The monoisotopic (exact) mass is 445 g/mol. The number of benzene rings is 3. The van der Waals surface area contributed by atoms with Crippen LogP contribution in [-0.4, -0.2) is 38.5 Å². The Morgan fingerprint density at radius 1 is 1.00 bits per heavy atom. The van der Waals surface area contributed by atoms with Gasteiger partial charge in [-0.05, 0) is 29.7 Å². The van der Waals surface area contributed by atoms with E-state index in [0.29, 0.717) is 22.2 Å². The van der Waals surface area contributed by atoms with Gasteiger partial charge in [-0.15, -0.1) is 11.8 Å². The molecule has 0 aliphatic carbocycles. The van der Waals surface area contributed by atoms with Crippen LogP contribution < -0.4 is 14.8 Å². The van der Waals surface area contributed by atoms with Crippen molar-refractivity contribution < 1.29 is 23.8 Å². The summed E-state index contributed by atoms with van der Waals surface area (Å²) in [6.07, 6.45) is 0. The second-order valence-corrected chi connectivity index (χ2v) is 7.59. The first-order valence-electron chi connectivity index (χ1n) is 8.99. The molecule has 6 nitrogen and oxygen atoms in total. The Morgan fingerprint density at radius 3 is 2.47 bits per heavy atom. The van der Waals surface area contributed by atoms with Gasteiger partial charge in [0.15, 0.2) is 18.1 Å². The normalized spacial score (nSPS) is 10.5. The molecule has 0 aromatic heterocycles. The van der Waals surface area contributed by atoms with Crippen molar-refractivity contribution in [2.75, 3.05) is 31.9 Å². The third-order valence-corrected chi connectivity index (χ3v) is 5.54. The fourth-order valence-corrected chi connectivity index (χ4v) is 4.06. The quantitative estimate of drug-likeness (QED) is 0.397. The zero-order valence-corrected chi connectivity index (χ0v) is 18.0. The van der Waals surface area contributed by atoms with E-state index in [0.717, 1.165) is 15.7 Å². The summed E-state index contributed by atoms with van der Waals surface area (Å²) in [7, 11) is 3.03. The molecule has 3 aromatic rings. The summed E-state index contributed by atoms with van der Waals surface area (Å²) in [6.45, 7) is -0.385. The second kappa shape index (κ2) is 10.2. The van der Waals surface area contributed by atoms with E-state index < -0.39 is 11.9 Å². The summed E-state index contributed by atoms with van der Waals surface area (Å²) in [6, 6.07) is 16.4. The minimum atomic E-state index is -0.494. The van der Waals surface area contributed by atoms with Crippen LogP contribution in [0.15, 0.2) is 59.5 Å². The lowest BCUT2D eigenvalue weighted by atomic mass is 10.1. The van der Waals surface area contributed by atoms with Crippen molar-refractivity contribution in [3.8, 4) is 11.5 Å². The molecule has 0 spiro atoms. The number of ether oxygens (including phenoxy) is 3. The highest BCUT2D eigenvalue weighted by Gasteiger charge is 2.12. The molecule has 0 fully saturated rings. The van der Waals surface area contributed by atoms with Crippen molar-refractivity contribution >= 4 is 51.7 Å². The van der Waals surface area contributed by atoms with Crippen molar-refractivity contribution in [3.63, 3.8) is 0 Å². The minimum Gasteiger partial charge on any atom is -0.493 e. The van der Waals surface area contributed by atoms with Crippen LogP contribution in [0.25, 0.3) is 10.8 Å². The van der Waals surface area contributed by atoms with Gasteiger partial charge >= 0.3 is 5.97 Å². The molecule has 0 unspecified atom stereocenters. The van der Waals surface area contributed by atoms with Crippen LogP contribution >= 0.6 is 23.4 Å². The lowest BCUT2D eigenvalue weighted by molar-refractivity contribution is -0.144. The predicted molar refractivity (Wildman–Crippen MR) is 119 cm³/mol. The Hall–Kier alpha value is -2.90.